The van der Waals surface area contributed by atoms with Gasteiger partial charge in [-0.15, -0.1) is 0 Å². The fourth-order valence-electron chi connectivity index (χ4n) is 18.7. The Kier molecular flexibility index (Phi) is 36.4. The first-order valence-electron chi connectivity index (χ1n) is 51.4. The van der Waals surface area contributed by atoms with Crippen LogP contribution >= 0.6 is 0 Å². The Morgan fingerprint density at radius 3 is 0.957 bits per heavy atom. The van der Waals surface area contributed by atoms with Crippen LogP contribution in [0.5, 0.6) is 0 Å². The summed E-state index contributed by atoms with van der Waals surface area (Å²) in [5, 5.41) is 22.7. The van der Waals surface area contributed by atoms with Crippen LogP contribution in [0.1, 0.15) is 289 Å². The molecule has 0 bridgehead atoms. The van der Waals surface area contributed by atoms with Gasteiger partial charge in [0.2, 0.25) is 0 Å². The lowest BCUT2D eigenvalue weighted by Crippen LogP contribution is -2.15. The molecule has 3 nitrogen and oxygen atoms in total. The maximum atomic E-state index is 4.40. The van der Waals surface area contributed by atoms with Gasteiger partial charge in [0.15, 0.2) is 0 Å². The van der Waals surface area contributed by atoms with Crippen LogP contribution in [-0.4, -0.2) is 15.0 Å². The molecular formula is C138H149N3. The predicted molar refractivity (Wildman–Crippen MR) is 621 cm³/mol. The van der Waals surface area contributed by atoms with Crippen LogP contribution in [0, 0.1) is 13.8 Å². The number of rotatable bonds is 10. The average Bonchev–Trinajstić information content (AvgIpc) is 1.59. The average molecular weight is 1850 g/mol. The van der Waals surface area contributed by atoms with Crippen LogP contribution < -0.4 is 0 Å². The van der Waals surface area contributed by atoms with Crippen molar-refractivity contribution in [2.24, 2.45) is 0 Å². The van der Waals surface area contributed by atoms with Gasteiger partial charge in [-0.1, -0.05) is 504 Å². The van der Waals surface area contributed by atoms with Crippen molar-refractivity contribution in [1.82, 2.24) is 15.0 Å². The summed E-state index contributed by atoms with van der Waals surface area (Å²) in [6.45, 7) is 53.7. The molecule has 0 N–H and O–H groups in total. The topological polar surface area (TPSA) is 38.7 Å². The molecule has 3 heterocycles. The zero-order valence-electron chi connectivity index (χ0n) is 88.3. The standard InChI is InChI=1S/C19H20.C18H20.5C13H14.3C12H13N/c1-12(2)15-9-10-18-17-8-6-5-7-16(17)13(3)14(4)19(18)11-15;1-12(2)13-9-10-15-14-7-5-6-8-16(14)18(3,4)17(15)11-13;2*1-10(2)12-9-5-7-11-6-3-4-8-13(11)12;3*1-10(2)12-8-7-11-5-3-4-6-13(11)9-12;1-9(2)11-7-3-5-10-6-4-8-13-12(10)11;1-9(2)10-5-6-12-11(8-10)4-3-7-13-12;1-9(2)11-6-5-10-4-3-7-13-12(10)8-11/h5-12H,1-4H3;5-12H,1-4H3;5*3-10H,1-2H3;3*3-9H,1-2H3. The lowest BCUT2D eigenvalue weighted by atomic mass is 9.81. The van der Waals surface area contributed by atoms with Crippen LogP contribution in [0.3, 0.4) is 0 Å². The summed E-state index contributed by atoms with van der Waals surface area (Å²) in [4.78, 5) is 13.0. The summed E-state index contributed by atoms with van der Waals surface area (Å²) >= 11 is 0. The second-order valence-electron chi connectivity index (χ2n) is 41.4. The molecule has 18 aromatic carbocycles. The van der Waals surface area contributed by atoms with E-state index in [-0.39, 0.29) is 5.41 Å². The Hall–Kier alpha value is -14.0. The van der Waals surface area contributed by atoms with Gasteiger partial charge in [-0.05, 0) is 274 Å². The lowest BCUT2D eigenvalue weighted by molar-refractivity contribution is 0.658. The minimum Gasteiger partial charge on any atom is -0.256 e. The van der Waals surface area contributed by atoms with E-state index in [0.29, 0.717) is 59.2 Å². The molecule has 0 aliphatic heterocycles. The van der Waals surface area contributed by atoms with Crippen molar-refractivity contribution < 1.29 is 0 Å². The number of hydrogen-bond acceptors (Lipinski definition) is 3. The molecule has 1 aliphatic carbocycles. The van der Waals surface area contributed by atoms with Gasteiger partial charge in [0.05, 0.1) is 16.6 Å². The van der Waals surface area contributed by atoms with E-state index in [1.54, 1.807) is 0 Å². The summed E-state index contributed by atoms with van der Waals surface area (Å²) in [6, 6.07) is 139. The third-order valence-electron chi connectivity index (χ3n) is 27.7. The van der Waals surface area contributed by atoms with Gasteiger partial charge in [0.25, 0.3) is 0 Å². The van der Waals surface area contributed by atoms with Crippen LogP contribution in [0.15, 0.2) is 407 Å². The highest BCUT2D eigenvalue weighted by Crippen LogP contribution is 2.49. The highest BCUT2D eigenvalue weighted by molar-refractivity contribution is 6.11. The Morgan fingerprint density at radius 2 is 0.482 bits per heavy atom. The number of aromatic nitrogens is 3. The Bertz CT molecular complexity index is 6980. The molecule has 0 saturated carbocycles. The van der Waals surface area contributed by atoms with Crippen molar-refractivity contribution in [3.63, 3.8) is 0 Å². The van der Waals surface area contributed by atoms with Crippen LogP contribution in [0.4, 0.5) is 0 Å². The number of nitrogens with zero attached hydrogens (tertiary/aromatic N) is 3. The molecule has 21 aromatic rings. The van der Waals surface area contributed by atoms with E-state index < -0.39 is 0 Å². The molecule has 22 rings (SSSR count). The van der Waals surface area contributed by atoms with Crippen molar-refractivity contribution in [3.8, 4) is 11.1 Å². The smallest absolute Gasteiger partial charge is 0.0736 e. The first-order valence-corrected chi connectivity index (χ1v) is 51.4. The summed E-state index contributed by atoms with van der Waals surface area (Å²) < 4.78 is 0. The third kappa shape index (κ3) is 26.8. The zero-order chi connectivity index (χ0) is 101. The fourth-order valence-corrected chi connectivity index (χ4v) is 18.7. The maximum Gasteiger partial charge on any atom is 0.0736 e. The second-order valence-corrected chi connectivity index (χ2v) is 41.4. The zero-order valence-corrected chi connectivity index (χ0v) is 88.3. The summed E-state index contributed by atoms with van der Waals surface area (Å²) in [5.74, 6) is 5.93. The SMILES string of the molecule is CC(C)c1ccc2c(c1)C(C)(C)c1ccccc1-2.CC(C)c1ccc2ccccc2c1.CC(C)c1ccc2ccccc2c1.CC(C)c1ccc2ccccc2c1.CC(C)c1ccc2cccnc2c1.CC(C)c1ccc2ncccc2c1.CC(C)c1cccc2ccccc12.CC(C)c1cccc2ccccc12.CC(C)c1cccc2cccnc12.Cc1c(C)c2cc(C(C)C)ccc2c2ccccc12. The number of pyridine rings is 3. The molecule has 0 unspecified atom stereocenters. The van der Waals surface area contributed by atoms with Crippen molar-refractivity contribution in [3.05, 3.63) is 485 Å². The van der Waals surface area contributed by atoms with E-state index in [4.69, 9.17) is 0 Å². The van der Waals surface area contributed by atoms with Gasteiger partial charge in [0, 0.05) is 40.2 Å². The van der Waals surface area contributed by atoms with E-state index in [1.807, 2.05) is 36.8 Å². The largest absolute Gasteiger partial charge is 0.256 e. The first-order chi connectivity index (χ1) is 67.8. The number of hydrogen-bond donors (Lipinski definition) is 0. The number of aryl methyl sites for hydroxylation is 2. The van der Waals surface area contributed by atoms with Gasteiger partial charge < -0.3 is 0 Å². The minimum atomic E-state index is 0.136. The van der Waals surface area contributed by atoms with E-state index in [1.165, 1.54) is 181 Å². The van der Waals surface area contributed by atoms with Gasteiger partial charge >= 0.3 is 0 Å². The van der Waals surface area contributed by atoms with Crippen LogP contribution in [0.2, 0.25) is 0 Å². The Balaban J connectivity index is 0.000000132. The summed E-state index contributed by atoms with van der Waals surface area (Å²) in [7, 11) is 0. The molecule has 0 amide bonds. The molecular weight excluding hydrogens is 1700 g/mol. The van der Waals surface area contributed by atoms with E-state index in [2.05, 4.69) is 551 Å². The van der Waals surface area contributed by atoms with E-state index in [9.17, 15) is 0 Å². The van der Waals surface area contributed by atoms with Crippen molar-refractivity contribution in [2.45, 2.75) is 231 Å². The van der Waals surface area contributed by atoms with Gasteiger partial charge in [-0.2, -0.15) is 0 Å². The molecule has 0 fully saturated rings. The third-order valence-corrected chi connectivity index (χ3v) is 27.7. The van der Waals surface area contributed by atoms with Crippen LogP contribution in [-0.2, 0) is 5.41 Å². The first kappa shape index (κ1) is 104. The predicted octanol–water partition coefficient (Wildman–Crippen LogP) is 40.7. The van der Waals surface area contributed by atoms with Gasteiger partial charge in [-0.25, -0.2) is 0 Å². The molecule has 3 heteroatoms. The second kappa shape index (κ2) is 49.2. The summed E-state index contributed by atoms with van der Waals surface area (Å²) in [5.41, 5.74) is 26.1. The Labute approximate surface area is 843 Å². The van der Waals surface area contributed by atoms with Gasteiger partial charge in [0.1, 0.15) is 0 Å². The van der Waals surface area contributed by atoms with Crippen molar-refractivity contribution in [2.75, 3.05) is 0 Å². The van der Waals surface area contributed by atoms with Crippen LogP contribution in [0.25, 0.3) is 119 Å². The number of benzene rings is 18. The van der Waals surface area contributed by atoms with E-state index in [0.717, 1.165) is 16.6 Å². The van der Waals surface area contributed by atoms with Gasteiger partial charge in [-0.3, -0.25) is 15.0 Å². The maximum absolute atomic E-state index is 4.40. The summed E-state index contributed by atoms with van der Waals surface area (Å²) in [6.07, 6.45) is 5.53. The number of fused-ring (bicyclic) bond motifs is 14. The molecule has 0 spiro atoms. The monoisotopic (exact) mass is 1850 g/mol. The van der Waals surface area contributed by atoms with E-state index >= 15 is 0 Å². The highest BCUT2D eigenvalue weighted by atomic mass is 14.7. The fraction of sp³-hybridized carbons (Fsp3) is 0.254. The molecule has 3 aromatic heterocycles. The lowest BCUT2D eigenvalue weighted by Gasteiger charge is -2.22. The molecule has 1 aliphatic rings. The molecule has 0 saturated heterocycles. The van der Waals surface area contributed by atoms with Crippen molar-refractivity contribution >= 4 is 108 Å². The number of para-hydroxylation sites is 1. The highest BCUT2D eigenvalue weighted by Gasteiger charge is 2.35. The Morgan fingerprint density at radius 1 is 0.177 bits per heavy atom. The molecule has 716 valence electrons. The molecule has 141 heavy (non-hydrogen) atoms. The normalized spacial score (nSPS) is 11.7. The van der Waals surface area contributed by atoms with Crippen molar-refractivity contribution in [1.29, 1.82) is 0 Å². The quantitative estimate of drug-likeness (QED) is 0.128. The minimum absolute atomic E-state index is 0.136. The molecule has 0 atom stereocenters. The molecule has 0 radical (unpaired) electrons.